The second-order valence-electron chi connectivity index (χ2n) is 4.54. The number of nitrogens with zero attached hydrogens (tertiary/aromatic N) is 3. The highest BCUT2D eigenvalue weighted by Gasteiger charge is 2.17. The van der Waals surface area contributed by atoms with Gasteiger partial charge in [0.15, 0.2) is 0 Å². The fourth-order valence-electron chi connectivity index (χ4n) is 2.54. The number of imidazole rings is 1. The normalized spacial score (nSPS) is 12.7. The van der Waals surface area contributed by atoms with Crippen LogP contribution < -0.4 is 5.73 Å². The van der Waals surface area contributed by atoms with E-state index in [0.717, 1.165) is 17.5 Å². The third-order valence-corrected chi connectivity index (χ3v) is 3.40. The van der Waals surface area contributed by atoms with Crippen molar-refractivity contribution in [3.8, 4) is 0 Å². The molecule has 1 unspecified atom stereocenters. The maximum atomic E-state index is 6.09. The lowest BCUT2D eigenvalue weighted by Gasteiger charge is -2.19. The van der Waals surface area contributed by atoms with Crippen LogP contribution in [0.3, 0.4) is 0 Å². The van der Waals surface area contributed by atoms with Crippen LogP contribution in [-0.4, -0.2) is 14.5 Å². The molecule has 2 heterocycles. The van der Waals surface area contributed by atoms with Gasteiger partial charge in [-0.2, -0.15) is 0 Å². The van der Waals surface area contributed by atoms with Crippen molar-refractivity contribution in [2.75, 3.05) is 5.73 Å². The lowest BCUT2D eigenvalue weighted by Crippen LogP contribution is -2.12. The number of nitrogen functional groups attached to an aromatic ring is 1. The largest absolute Gasteiger partial charge is 0.369 e. The molecule has 1 aromatic carbocycles. The number of hydrogen-bond acceptors (Lipinski definition) is 3. The maximum absolute atomic E-state index is 6.09. The number of fused-ring (bicyclic) bond motifs is 1. The van der Waals surface area contributed by atoms with E-state index in [9.17, 15) is 0 Å². The van der Waals surface area contributed by atoms with Crippen molar-refractivity contribution in [1.29, 1.82) is 0 Å². The second kappa shape index (κ2) is 4.72. The molecule has 0 bridgehead atoms. The molecule has 4 heteroatoms. The first kappa shape index (κ1) is 11.7. The summed E-state index contributed by atoms with van der Waals surface area (Å²) >= 11 is 0. The molecule has 0 amide bonds. The Morgan fingerprint density at radius 1 is 1.21 bits per heavy atom. The molecule has 0 saturated carbocycles. The van der Waals surface area contributed by atoms with Crippen LogP contribution in [0.2, 0.25) is 0 Å². The zero-order valence-electron chi connectivity index (χ0n) is 10.8. The minimum absolute atomic E-state index is 0.202. The zero-order chi connectivity index (χ0) is 13.2. The molecule has 0 spiro atoms. The van der Waals surface area contributed by atoms with Crippen LogP contribution in [0, 0.1) is 0 Å². The molecule has 0 aliphatic carbocycles. The maximum Gasteiger partial charge on any atom is 0.201 e. The number of anilines is 1. The Morgan fingerprint density at radius 3 is 2.74 bits per heavy atom. The molecule has 0 saturated heterocycles. The fraction of sp³-hybridized carbons (Fsp3) is 0.200. The van der Waals surface area contributed by atoms with Crippen molar-refractivity contribution in [2.45, 2.75) is 19.4 Å². The summed E-state index contributed by atoms with van der Waals surface area (Å²) in [5, 5.41) is 0. The van der Waals surface area contributed by atoms with Crippen LogP contribution in [0.25, 0.3) is 11.0 Å². The predicted molar refractivity (Wildman–Crippen MR) is 76.8 cm³/mol. The van der Waals surface area contributed by atoms with Gasteiger partial charge in [0.1, 0.15) is 5.52 Å². The van der Waals surface area contributed by atoms with E-state index < -0.39 is 0 Å². The van der Waals surface area contributed by atoms with Gasteiger partial charge >= 0.3 is 0 Å². The molecule has 0 aliphatic rings. The van der Waals surface area contributed by atoms with Gasteiger partial charge in [-0.25, -0.2) is 4.98 Å². The smallest absolute Gasteiger partial charge is 0.201 e. The van der Waals surface area contributed by atoms with E-state index in [0.29, 0.717) is 5.95 Å². The number of aromatic nitrogens is 3. The van der Waals surface area contributed by atoms with Gasteiger partial charge < -0.3 is 10.3 Å². The summed E-state index contributed by atoms with van der Waals surface area (Å²) in [7, 11) is 0. The fourth-order valence-corrected chi connectivity index (χ4v) is 2.54. The third-order valence-electron chi connectivity index (χ3n) is 3.40. The number of rotatable bonds is 3. The SMILES string of the molecule is CCC(c1ccccc1)n1c(N)nc2cnccc21. The van der Waals surface area contributed by atoms with Crippen LogP contribution >= 0.6 is 0 Å². The summed E-state index contributed by atoms with van der Waals surface area (Å²) in [5.74, 6) is 0.540. The standard InChI is InChI=1S/C15H16N4/c1-2-13(11-6-4-3-5-7-11)19-14-8-9-17-10-12(14)18-15(19)16/h3-10,13H,2H2,1H3,(H2,16,18). The minimum atomic E-state index is 0.202. The van der Waals surface area contributed by atoms with E-state index in [1.165, 1.54) is 5.56 Å². The van der Waals surface area contributed by atoms with E-state index >= 15 is 0 Å². The second-order valence-corrected chi connectivity index (χ2v) is 4.54. The van der Waals surface area contributed by atoms with E-state index in [1.807, 2.05) is 12.1 Å². The van der Waals surface area contributed by atoms with Gasteiger partial charge in [0.2, 0.25) is 5.95 Å². The highest BCUT2D eigenvalue weighted by Crippen LogP contribution is 2.29. The van der Waals surface area contributed by atoms with Gasteiger partial charge in [0.25, 0.3) is 0 Å². The Balaban J connectivity index is 2.19. The van der Waals surface area contributed by atoms with Gasteiger partial charge in [0, 0.05) is 6.20 Å². The Hall–Kier alpha value is -2.36. The van der Waals surface area contributed by atoms with Gasteiger partial charge in [-0.15, -0.1) is 0 Å². The molecule has 3 aromatic rings. The lowest BCUT2D eigenvalue weighted by molar-refractivity contribution is 0.589. The summed E-state index contributed by atoms with van der Waals surface area (Å²) in [5.41, 5.74) is 9.21. The first-order chi connectivity index (χ1) is 9.31. The molecule has 96 valence electrons. The summed E-state index contributed by atoms with van der Waals surface area (Å²) in [6.07, 6.45) is 4.49. The number of hydrogen-bond donors (Lipinski definition) is 1. The highest BCUT2D eigenvalue weighted by molar-refractivity contribution is 5.77. The molecule has 2 N–H and O–H groups in total. The van der Waals surface area contributed by atoms with E-state index in [1.54, 1.807) is 12.4 Å². The van der Waals surface area contributed by atoms with Crippen molar-refractivity contribution in [1.82, 2.24) is 14.5 Å². The van der Waals surface area contributed by atoms with Crippen LogP contribution in [0.4, 0.5) is 5.95 Å². The molecule has 1 atom stereocenters. The Bertz CT molecular complexity index is 688. The molecule has 4 nitrogen and oxygen atoms in total. The Labute approximate surface area is 111 Å². The van der Waals surface area contributed by atoms with Crippen LogP contribution in [0.5, 0.6) is 0 Å². The van der Waals surface area contributed by atoms with Crippen LogP contribution in [0.15, 0.2) is 48.8 Å². The molecular weight excluding hydrogens is 236 g/mol. The predicted octanol–water partition coefficient (Wildman–Crippen LogP) is 3.01. The monoisotopic (exact) mass is 252 g/mol. The van der Waals surface area contributed by atoms with Crippen molar-refractivity contribution in [3.05, 3.63) is 54.4 Å². The average Bonchev–Trinajstić information content (AvgIpc) is 2.78. The number of benzene rings is 1. The first-order valence-electron chi connectivity index (χ1n) is 6.43. The highest BCUT2D eigenvalue weighted by atomic mass is 15.2. The molecule has 0 aliphatic heterocycles. The Morgan fingerprint density at radius 2 is 2.00 bits per heavy atom. The van der Waals surface area contributed by atoms with Crippen molar-refractivity contribution in [2.24, 2.45) is 0 Å². The van der Waals surface area contributed by atoms with Gasteiger partial charge in [-0.1, -0.05) is 37.3 Å². The third kappa shape index (κ3) is 1.95. The van der Waals surface area contributed by atoms with E-state index in [2.05, 4.69) is 45.7 Å². The molecule has 0 fully saturated rings. The summed E-state index contributed by atoms with van der Waals surface area (Å²) in [6.45, 7) is 2.16. The van der Waals surface area contributed by atoms with E-state index in [4.69, 9.17) is 5.73 Å². The number of pyridine rings is 1. The molecule has 2 aromatic heterocycles. The summed E-state index contributed by atoms with van der Waals surface area (Å²) < 4.78 is 2.09. The zero-order valence-corrected chi connectivity index (χ0v) is 10.8. The molecular formula is C15H16N4. The first-order valence-corrected chi connectivity index (χ1v) is 6.43. The van der Waals surface area contributed by atoms with Gasteiger partial charge in [-0.05, 0) is 18.1 Å². The van der Waals surface area contributed by atoms with Crippen molar-refractivity contribution in [3.63, 3.8) is 0 Å². The Kier molecular flexibility index (Phi) is 2.91. The number of nitrogens with two attached hydrogens (primary N) is 1. The summed E-state index contributed by atoms with van der Waals surface area (Å²) in [6, 6.07) is 12.5. The molecule has 3 rings (SSSR count). The quantitative estimate of drug-likeness (QED) is 0.779. The van der Waals surface area contributed by atoms with Crippen molar-refractivity contribution < 1.29 is 0 Å². The minimum Gasteiger partial charge on any atom is -0.369 e. The summed E-state index contributed by atoms with van der Waals surface area (Å²) in [4.78, 5) is 8.48. The van der Waals surface area contributed by atoms with E-state index in [-0.39, 0.29) is 6.04 Å². The molecule has 0 radical (unpaired) electrons. The van der Waals surface area contributed by atoms with Gasteiger partial charge in [-0.3, -0.25) is 4.98 Å². The van der Waals surface area contributed by atoms with Crippen molar-refractivity contribution >= 4 is 17.0 Å². The van der Waals surface area contributed by atoms with Crippen LogP contribution in [0.1, 0.15) is 24.9 Å². The van der Waals surface area contributed by atoms with Gasteiger partial charge in [0.05, 0.1) is 17.8 Å². The van der Waals surface area contributed by atoms with Crippen LogP contribution in [-0.2, 0) is 0 Å². The average molecular weight is 252 g/mol. The molecule has 19 heavy (non-hydrogen) atoms. The topological polar surface area (TPSA) is 56.7 Å². The lowest BCUT2D eigenvalue weighted by atomic mass is 10.0.